The van der Waals surface area contributed by atoms with Gasteiger partial charge >= 0.3 is 0 Å². The number of hydrogen-bond donors (Lipinski definition) is 1. The van der Waals surface area contributed by atoms with Crippen LogP contribution in [-0.4, -0.2) is 31.4 Å². The Bertz CT molecular complexity index is 386. The third-order valence-electron chi connectivity index (χ3n) is 2.55. The summed E-state index contributed by atoms with van der Waals surface area (Å²) in [6.45, 7) is 2.54. The lowest BCUT2D eigenvalue weighted by atomic mass is 10.2. The minimum atomic E-state index is 0.205. The number of aliphatic hydroxyl groups is 1. The van der Waals surface area contributed by atoms with Crippen molar-refractivity contribution in [3.05, 3.63) is 21.6 Å². The van der Waals surface area contributed by atoms with E-state index in [1.807, 2.05) is 12.1 Å². The number of anilines is 1. The zero-order valence-electron chi connectivity index (χ0n) is 8.75. The molecular weight excluding hydrogens is 293 g/mol. The van der Waals surface area contributed by atoms with Gasteiger partial charge < -0.3 is 14.7 Å². The molecule has 0 fully saturated rings. The van der Waals surface area contributed by atoms with Crippen molar-refractivity contribution in [3.63, 3.8) is 0 Å². The van der Waals surface area contributed by atoms with Gasteiger partial charge in [-0.2, -0.15) is 0 Å². The summed E-state index contributed by atoms with van der Waals surface area (Å²) in [6, 6.07) is 3.79. The number of ether oxygens (including phenoxy) is 1. The minimum absolute atomic E-state index is 0.205. The van der Waals surface area contributed by atoms with E-state index in [1.165, 1.54) is 0 Å². The first-order chi connectivity index (χ1) is 7.72. The van der Waals surface area contributed by atoms with Gasteiger partial charge in [-0.25, -0.2) is 0 Å². The molecule has 1 aliphatic rings. The molecule has 88 valence electrons. The lowest BCUT2D eigenvalue weighted by molar-refractivity contribution is 0.279. The summed E-state index contributed by atoms with van der Waals surface area (Å²) in [4.78, 5) is 2.19. The van der Waals surface area contributed by atoms with Gasteiger partial charge in [0.05, 0.1) is 17.3 Å². The Morgan fingerprint density at radius 2 is 2.31 bits per heavy atom. The molecule has 2 rings (SSSR count). The molecule has 0 radical (unpaired) electrons. The van der Waals surface area contributed by atoms with Gasteiger partial charge in [0.1, 0.15) is 12.4 Å². The summed E-state index contributed by atoms with van der Waals surface area (Å²) in [5, 5.41) is 9.53. The zero-order chi connectivity index (χ0) is 11.5. The van der Waals surface area contributed by atoms with Crippen LogP contribution in [0, 0.1) is 0 Å². The fourth-order valence-corrected chi connectivity index (χ4v) is 2.24. The van der Waals surface area contributed by atoms with E-state index in [1.54, 1.807) is 0 Å². The zero-order valence-corrected chi connectivity index (χ0v) is 11.1. The maximum Gasteiger partial charge on any atom is 0.143 e. The van der Waals surface area contributed by atoms with Crippen LogP contribution in [0.25, 0.3) is 0 Å². The molecule has 0 spiro atoms. The molecule has 5 heteroatoms. The fourth-order valence-electron chi connectivity index (χ4n) is 1.76. The molecular formula is C11H13BrClNO2. The average Bonchev–Trinajstić information content (AvgIpc) is 2.28. The second kappa shape index (κ2) is 5.25. The molecule has 0 aromatic heterocycles. The van der Waals surface area contributed by atoms with Gasteiger partial charge in [0.15, 0.2) is 0 Å². The Labute approximate surface area is 108 Å². The Kier molecular flexibility index (Phi) is 3.95. The highest BCUT2D eigenvalue weighted by atomic mass is 79.9. The second-order valence-electron chi connectivity index (χ2n) is 3.65. The monoisotopic (exact) mass is 305 g/mol. The quantitative estimate of drug-likeness (QED) is 0.932. The molecule has 0 atom stereocenters. The second-order valence-corrected chi connectivity index (χ2v) is 4.91. The molecule has 3 nitrogen and oxygen atoms in total. The topological polar surface area (TPSA) is 32.7 Å². The van der Waals surface area contributed by atoms with Gasteiger partial charge in [-0.15, -0.1) is 0 Å². The molecule has 0 unspecified atom stereocenters. The lowest BCUT2D eigenvalue weighted by Gasteiger charge is -2.31. The van der Waals surface area contributed by atoms with E-state index in [0.29, 0.717) is 11.6 Å². The summed E-state index contributed by atoms with van der Waals surface area (Å²) in [5.41, 5.74) is 1.01. The number of fused-ring (bicyclic) bond motifs is 1. The van der Waals surface area contributed by atoms with Gasteiger partial charge in [0.2, 0.25) is 0 Å². The summed E-state index contributed by atoms with van der Waals surface area (Å²) in [6.07, 6.45) is 0.757. The van der Waals surface area contributed by atoms with E-state index in [-0.39, 0.29) is 6.61 Å². The van der Waals surface area contributed by atoms with Crippen molar-refractivity contribution in [2.24, 2.45) is 0 Å². The molecule has 0 amide bonds. The van der Waals surface area contributed by atoms with Crippen LogP contribution in [0.1, 0.15) is 6.42 Å². The molecule has 1 N–H and O–H groups in total. The van der Waals surface area contributed by atoms with Crippen LogP contribution in [0.4, 0.5) is 5.69 Å². The number of benzene rings is 1. The van der Waals surface area contributed by atoms with Crippen molar-refractivity contribution < 1.29 is 9.84 Å². The van der Waals surface area contributed by atoms with E-state index in [2.05, 4.69) is 20.8 Å². The highest BCUT2D eigenvalue weighted by Gasteiger charge is 2.19. The van der Waals surface area contributed by atoms with E-state index in [9.17, 15) is 0 Å². The van der Waals surface area contributed by atoms with E-state index < -0.39 is 0 Å². The fraction of sp³-hybridized carbons (Fsp3) is 0.455. The first-order valence-electron chi connectivity index (χ1n) is 5.20. The van der Waals surface area contributed by atoms with Gasteiger partial charge in [-0.1, -0.05) is 11.6 Å². The van der Waals surface area contributed by atoms with Gasteiger partial charge in [-0.3, -0.25) is 0 Å². The largest absolute Gasteiger partial charge is 0.490 e. The van der Waals surface area contributed by atoms with Crippen LogP contribution < -0.4 is 9.64 Å². The van der Waals surface area contributed by atoms with E-state index >= 15 is 0 Å². The van der Waals surface area contributed by atoms with Crippen LogP contribution in [0.15, 0.2) is 16.6 Å². The molecule has 1 heterocycles. The Balaban J connectivity index is 2.27. The Morgan fingerprint density at radius 1 is 1.50 bits per heavy atom. The van der Waals surface area contributed by atoms with Gasteiger partial charge in [-0.05, 0) is 34.5 Å². The molecule has 1 aromatic carbocycles. The standard InChI is InChI=1S/C11H13BrClNO2/c12-8-6-11-10(7-9(8)13)14(2-1-4-15)3-5-16-11/h6-7,15H,1-5H2. The first-order valence-corrected chi connectivity index (χ1v) is 6.37. The predicted molar refractivity (Wildman–Crippen MR) is 68.6 cm³/mol. The molecule has 0 saturated carbocycles. The lowest BCUT2D eigenvalue weighted by Crippen LogP contribution is -2.33. The Hall–Kier alpha value is -0.450. The molecule has 0 aliphatic carbocycles. The maximum absolute atomic E-state index is 8.85. The van der Waals surface area contributed by atoms with Crippen molar-refractivity contribution >= 4 is 33.2 Å². The van der Waals surface area contributed by atoms with Crippen molar-refractivity contribution in [2.75, 3.05) is 31.2 Å². The summed E-state index contributed by atoms with van der Waals surface area (Å²) in [5.74, 6) is 0.848. The normalized spacial score (nSPS) is 14.6. The number of halogens is 2. The number of hydrogen-bond acceptors (Lipinski definition) is 3. The molecule has 16 heavy (non-hydrogen) atoms. The summed E-state index contributed by atoms with van der Waals surface area (Å²) >= 11 is 9.44. The maximum atomic E-state index is 8.85. The molecule has 1 aromatic rings. The third-order valence-corrected chi connectivity index (χ3v) is 3.74. The number of rotatable bonds is 3. The van der Waals surface area contributed by atoms with Gasteiger partial charge in [0.25, 0.3) is 0 Å². The third kappa shape index (κ3) is 2.44. The van der Waals surface area contributed by atoms with Gasteiger partial charge in [0, 0.05) is 17.6 Å². The Morgan fingerprint density at radius 3 is 3.06 bits per heavy atom. The van der Waals surface area contributed by atoms with Crippen LogP contribution in [0.5, 0.6) is 5.75 Å². The summed E-state index contributed by atoms with van der Waals surface area (Å²) < 4.78 is 6.42. The van der Waals surface area contributed by atoms with Crippen LogP contribution in [0.3, 0.4) is 0 Å². The molecule has 0 saturated heterocycles. The SMILES string of the molecule is OCCCN1CCOc2cc(Br)c(Cl)cc21. The average molecular weight is 307 g/mol. The van der Waals surface area contributed by atoms with Crippen molar-refractivity contribution in [2.45, 2.75) is 6.42 Å². The minimum Gasteiger partial charge on any atom is -0.490 e. The highest BCUT2D eigenvalue weighted by Crippen LogP contribution is 2.38. The highest BCUT2D eigenvalue weighted by molar-refractivity contribution is 9.10. The molecule has 0 bridgehead atoms. The van der Waals surface area contributed by atoms with E-state index in [4.69, 9.17) is 21.4 Å². The molecule has 1 aliphatic heterocycles. The van der Waals surface area contributed by atoms with Crippen molar-refractivity contribution in [1.82, 2.24) is 0 Å². The van der Waals surface area contributed by atoms with Crippen LogP contribution in [0.2, 0.25) is 5.02 Å². The van der Waals surface area contributed by atoms with Crippen LogP contribution in [-0.2, 0) is 0 Å². The smallest absolute Gasteiger partial charge is 0.143 e. The van der Waals surface area contributed by atoms with Crippen LogP contribution >= 0.6 is 27.5 Å². The first kappa shape index (κ1) is 12.0. The van der Waals surface area contributed by atoms with Crippen molar-refractivity contribution in [3.8, 4) is 5.75 Å². The van der Waals surface area contributed by atoms with E-state index in [0.717, 1.165) is 35.4 Å². The number of aliphatic hydroxyl groups excluding tert-OH is 1. The summed E-state index contributed by atoms with van der Waals surface area (Å²) in [7, 11) is 0. The van der Waals surface area contributed by atoms with Crippen molar-refractivity contribution in [1.29, 1.82) is 0 Å². The predicted octanol–water partition coefficient (Wildman–Crippen LogP) is 2.68. The number of nitrogens with zero attached hydrogens (tertiary/aromatic N) is 1.